The molecule has 0 aliphatic rings. The molecule has 11 heteroatoms. The molecule has 0 aliphatic carbocycles. The van der Waals surface area contributed by atoms with Crippen molar-refractivity contribution >= 4 is 44.1 Å². The van der Waals surface area contributed by atoms with Crippen molar-refractivity contribution in [2.24, 2.45) is 0 Å². The molecule has 0 N–H and O–H groups in total. The third-order valence-corrected chi connectivity index (χ3v) is 9.35. The van der Waals surface area contributed by atoms with Crippen LogP contribution in [0.25, 0.3) is 0 Å². The maximum Gasteiger partial charge on any atom is 1.00 e. The molecular formula is C21H19Na2O6PS2. The van der Waals surface area contributed by atoms with Crippen molar-refractivity contribution in [3.63, 3.8) is 0 Å². The summed E-state index contributed by atoms with van der Waals surface area (Å²) in [5, 5.41) is 2.10. The quantitative estimate of drug-likeness (QED) is 0.198. The first-order valence-corrected chi connectivity index (χ1v) is 13.0. The maximum absolute atomic E-state index is 11.6. The van der Waals surface area contributed by atoms with Crippen LogP contribution >= 0.6 is 7.92 Å². The molecule has 3 aromatic carbocycles. The van der Waals surface area contributed by atoms with E-state index in [1.165, 1.54) is 24.3 Å². The molecule has 0 aliphatic heterocycles. The summed E-state index contributed by atoms with van der Waals surface area (Å²) in [7, 11) is -10.8. The summed E-state index contributed by atoms with van der Waals surface area (Å²) in [6.07, 6.45) is 0. The van der Waals surface area contributed by atoms with Crippen LogP contribution in [0.2, 0.25) is 0 Å². The molecule has 0 spiro atoms. The van der Waals surface area contributed by atoms with Crippen LogP contribution in [-0.2, 0) is 20.2 Å². The van der Waals surface area contributed by atoms with Gasteiger partial charge in [-0.25, -0.2) is 16.8 Å². The molecule has 0 saturated carbocycles. The van der Waals surface area contributed by atoms with Crippen molar-refractivity contribution in [1.82, 2.24) is 0 Å². The van der Waals surface area contributed by atoms with Crippen molar-refractivity contribution in [3.8, 4) is 0 Å². The summed E-state index contributed by atoms with van der Waals surface area (Å²) in [4.78, 5) is -0.705. The Kier molecular flexibility index (Phi) is 10.8. The van der Waals surface area contributed by atoms with Gasteiger partial charge in [-0.15, -0.1) is 0 Å². The molecule has 0 radical (unpaired) electrons. The fraction of sp³-hybridized carbons (Fsp3) is 0.143. The van der Waals surface area contributed by atoms with Gasteiger partial charge in [-0.1, -0.05) is 36.4 Å². The Balaban J connectivity index is 0.00000256. The first-order valence-electron chi connectivity index (χ1n) is 8.88. The molecule has 0 unspecified atom stereocenters. The van der Waals surface area contributed by atoms with Crippen molar-refractivity contribution in [2.45, 2.75) is 30.6 Å². The molecule has 3 rings (SSSR count). The largest absolute Gasteiger partial charge is 1.00 e. The van der Waals surface area contributed by atoms with E-state index >= 15 is 0 Å². The van der Waals surface area contributed by atoms with E-state index in [0.29, 0.717) is 10.6 Å². The summed E-state index contributed by atoms with van der Waals surface area (Å²) >= 11 is 0. The normalized spacial score (nSPS) is 11.6. The van der Waals surface area contributed by atoms with Crippen LogP contribution in [0.3, 0.4) is 0 Å². The number of hydrogen-bond donors (Lipinski definition) is 0. The SMILES string of the molecule is Cc1ccccc1P(c1cc(S(=O)(=O)[O-])ccc1C)c1cc(S(=O)(=O)[O-])ccc1C.[Na+].[Na+]. The number of benzene rings is 3. The summed E-state index contributed by atoms with van der Waals surface area (Å²) < 4.78 is 69.9. The Morgan fingerprint density at radius 3 is 1.34 bits per heavy atom. The van der Waals surface area contributed by atoms with Gasteiger partial charge in [-0.2, -0.15) is 0 Å². The summed E-state index contributed by atoms with van der Waals surface area (Å²) in [5.74, 6) is 0. The van der Waals surface area contributed by atoms with Gasteiger partial charge in [0, 0.05) is 0 Å². The smallest absolute Gasteiger partial charge is 0.744 e. The Labute approximate surface area is 234 Å². The fourth-order valence-electron chi connectivity index (χ4n) is 3.17. The van der Waals surface area contributed by atoms with Gasteiger partial charge in [-0.3, -0.25) is 0 Å². The van der Waals surface area contributed by atoms with Crippen LogP contribution in [0.15, 0.2) is 70.5 Å². The zero-order chi connectivity index (χ0) is 22.3. The van der Waals surface area contributed by atoms with E-state index < -0.39 is 28.2 Å². The van der Waals surface area contributed by atoms with Crippen molar-refractivity contribution in [3.05, 3.63) is 77.4 Å². The van der Waals surface area contributed by atoms with Crippen LogP contribution in [0.4, 0.5) is 0 Å². The molecule has 0 fully saturated rings. The van der Waals surface area contributed by atoms with E-state index in [4.69, 9.17) is 0 Å². The average molecular weight is 508 g/mol. The van der Waals surface area contributed by atoms with E-state index in [9.17, 15) is 25.9 Å². The van der Waals surface area contributed by atoms with E-state index in [2.05, 4.69) is 0 Å². The second kappa shape index (κ2) is 11.6. The molecule has 0 heterocycles. The zero-order valence-electron chi connectivity index (χ0n) is 18.5. The molecule has 0 aromatic heterocycles. The Bertz CT molecular complexity index is 1260. The monoisotopic (exact) mass is 508 g/mol. The minimum Gasteiger partial charge on any atom is -0.744 e. The molecular weight excluding hydrogens is 489 g/mol. The molecule has 0 amide bonds. The zero-order valence-corrected chi connectivity index (χ0v) is 25.0. The first-order chi connectivity index (χ1) is 13.9. The minimum atomic E-state index is -4.68. The predicted molar refractivity (Wildman–Crippen MR) is 115 cm³/mol. The third-order valence-electron chi connectivity index (χ3n) is 4.78. The van der Waals surface area contributed by atoms with Crippen molar-refractivity contribution < 1.29 is 85.1 Å². The van der Waals surface area contributed by atoms with Crippen LogP contribution < -0.4 is 75.0 Å². The molecule has 158 valence electrons. The molecule has 6 nitrogen and oxygen atoms in total. The van der Waals surface area contributed by atoms with Crippen molar-refractivity contribution in [1.29, 1.82) is 0 Å². The van der Waals surface area contributed by atoms with Crippen LogP contribution in [0, 0.1) is 20.8 Å². The fourth-order valence-corrected chi connectivity index (χ4v) is 7.18. The predicted octanol–water partition coefficient (Wildman–Crippen LogP) is -3.81. The van der Waals surface area contributed by atoms with Crippen LogP contribution in [0.5, 0.6) is 0 Å². The van der Waals surface area contributed by atoms with E-state index in [-0.39, 0.29) is 68.9 Å². The second-order valence-corrected chi connectivity index (χ2v) is 11.8. The van der Waals surface area contributed by atoms with E-state index in [0.717, 1.165) is 22.0 Å². The van der Waals surface area contributed by atoms with Crippen LogP contribution in [0.1, 0.15) is 16.7 Å². The van der Waals surface area contributed by atoms with Gasteiger partial charge in [0.05, 0.1) is 9.79 Å². The van der Waals surface area contributed by atoms with Crippen molar-refractivity contribution in [2.75, 3.05) is 0 Å². The minimum absolute atomic E-state index is 0. The first kappa shape index (κ1) is 29.9. The average Bonchev–Trinajstić information content (AvgIpc) is 2.64. The topological polar surface area (TPSA) is 114 Å². The Hall–Kier alpha value is -0.0900. The van der Waals surface area contributed by atoms with Gasteiger partial charge in [0.15, 0.2) is 0 Å². The van der Waals surface area contributed by atoms with Gasteiger partial charge >= 0.3 is 59.1 Å². The molecule has 0 saturated heterocycles. The Morgan fingerprint density at radius 2 is 0.969 bits per heavy atom. The van der Waals surface area contributed by atoms with Gasteiger partial charge < -0.3 is 9.11 Å². The summed E-state index contributed by atoms with van der Waals surface area (Å²) in [6, 6.07) is 15.9. The van der Waals surface area contributed by atoms with E-state index in [1.54, 1.807) is 26.0 Å². The maximum atomic E-state index is 11.6. The molecule has 32 heavy (non-hydrogen) atoms. The standard InChI is InChI=1S/C21H21O6PS2.2Na/c1-14-6-4-5-7-19(14)28(20-12-17(29(22,23)24)10-8-15(20)2)21-13-18(30(25,26)27)11-9-16(21)3;;/h4-13H,1-3H3,(H,22,23,24)(H,25,26,27);;/q;2*+1/p-2. The number of aryl methyl sites for hydroxylation is 3. The molecule has 0 atom stereocenters. The number of hydrogen-bond acceptors (Lipinski definition) is 6. The summed E-state index contributed by atoms with van der Waals surface area (Å²) in [5.41, 5.74) is 2.44. The molecule has 0 bridgehead atoms. The Morgan fingerprint density at radius 1 is 0.594 bits per heavy atom. The van der Waals surface area contributed by atoms with Gasteiger partial charge in [0.25, 0.3) is 0 Å². The molecule has 3 aromatic rings. The number of rotatable bonds is 5. The van der Waals surface area contributed by atoms with Crippen LogP contribution in [-0.4, -0.2) is 25.9 Å². The van der Waals surface area contributed by atoms with Gasteiger partial charge in [0.1, 0.15) is 20.2 Å². The summed E-state index contributed by atoms with van der Waals surface area (Å²) in [6.45, 7) is 5.50. The second-order valence-electron chi connectivity index (χ2n) is 6.93. The van der Waals surface area contributed by atoms with Gasteiger partial charge in [0.2, 0.25) is 0 Å². The third kappa shape index (κ3) is 6.74. The van der Waals surface area contributed by atoms with Gasteiger partial charge in [-0.05, 0) is 85.6 Å². The van der Waals surface area contributed by atoms with E-state index in [1.807, 2.05) is 31.2 Å².